The molecular weight excluding hydrogens is 1230 g/mol. The Morgan fingerprint density at radius 3 is 1.10 bits per heavy atom. The molecule has 0 N–H and O–H groups in total. The molecular formula is C74H83N3O19. The molecule has 0 spiro atoms. The molecule has 22 nitrogen and oxygen atoms in total. The number of hydrogen-bond donors (Lipinski definition) is 0. The number of fused-ring (bicyclic) bond motifs is 2. The summed E-state index contributed by atoms with van der Waals surface area (Å²) in [4.78, 5) is 135. The fourth-order valence-electron chi connectivity index (χ4n) is 11.0. The van der Waals surface area contributed by atoms with E-state index in [0.29, 0.717) is 35.1 Å². The zero-order valence-electron chi connectivity index (χ0n) is 55.6. The smallest absolute Gasteiger partial charge is 0.411 e. The largest absolute Gasteiger partial charge is 0.464 e. The number of ether oxygens (including phenoxy) is 9. The van der Waals surface area contributed by atoms with Crippen molar-refractivity contribution in [1.82, 2.24) is 14.7 Å². The van der Waals surface area contributed by atoms with Gasteiger partial charge in [-0.1, -0.05) is 111 Å². The molecule has 96 heavy (non-hydrogen) atoms. The van der Waals surface area contributed by atoms with E-state index < -0.39 is 90.3 Å². The van der Waals surface area contributed by atoms with Crippen LogP contribution in [0.4, 0.5) is 14.4 Å². The first-order valence-electron chi connectivity index (χ1n) is 32.3. The molecule has 5 unspecified atom stereocenters. The van der Waals surface area contributed by atoms with E-state index in [1.54, 1.807) is 90.1 Å². The standard InChI is InChI=1S/C74H83N3O19/c1-46(9-27-63(78)50-15-11-48(12-16-50)52-19-21-56-37-58(25-23-54(56)35-52)65(80)44-92-68(83)61-42-89-33-30-76(61)71(86)95-73(3,4)5)39-91-67(82)60-41-88-32-29-75(60)70(85)94-40-47(2)10-28-64(79)51-17-13-49(14-18-51)53-20-22-57-38-59(26-24-55(57)36-53)66(81)45-93-69(84)62-43-90-34-31-77(62)72(87)96-74(6,7)8/h11-26,35-38,46-47,60-62H,9-10,27-34,39-45H2,1-8H3. The minimum atomic E-state index is -1.04. The molecule has 0 aliphatic carbocycles. The molecule has 9 rings (SSSR count). The Balaban J connectivity index is 0.666. The number of amides is 3. The van der Waals surface area contributed by atoms with Crippen molar-refractivity contribution in [3.05, 3.63) is 144 Å². The summed E-state index contributed by atoms with van der Waals surface area (Å²) in [7, 11) is 0. The van der Waals surface area contributed by atoms with Crippen LogP contribution in [0.1, 0.15) is 123 Å². The molecule has 6 aromatic rings. The van der Waals surface area contributed by atoms with Gasteiger partial charge in [-0.15, -0.1) is 0 Å². The second kappa shape index (κ2) is 31.9. The molecule has 3 saturated heterocycles. The lowest BCUT2D eigenvalue weighted by atomic mass is 9.96. The summed E-state index contributed by atoms with van der Waals surface area (Å²) < 4.78 is 49.3. The van der Waals surface area contributed by atoms with Crippen LogP contribution >= 0.6 is 0 Å². The quantitative estimate of drug-likeness (QED) is 0.0328. The number of carbonyl (C=O) groups excluding carboxylic acids is 10. The number of ketones is 4. The summed E-state index contributed by atoms with van der Waals surface area (Å²) in [5.74, 6) is -3.49. The van der Waals surface area contributed by atoms with Gasteiger partial charge in [0.2, 0.25) is 0 Å². The van der Waals surface area contributed by atoms with E-state index >= 15 is 0 Å². The number of esters is 3. The zero-order chi connectivity index (χ0) is 68.8. The van der Waals surface area contributed by atoms with Crippen LogP contribution in [0.25, 0.3) is 43.8 Å². The number of rotatable bonds is 23. The van der Waals surface area contributed by atoms with Gasteiger partial charge in [0.25, 0.3) is 0 Å². The van der Waals surface area contributed by atoms with Crippen LogP contribution in [0.3, 0.4) is 0 Å². The third kappa shape index (κ3) is 19.2. The van der Waals surface area contributed by atoms with Crippen LogP contribution in [0.5, 0.6) is 0 Å². The van der Waals surface area contributed by atoms with E-state index in [1.165, 1.54) is 14.7 Å². The van der Waals surface area contributed by atoms with E-state index in [9.17, 15) is 47.9 Å². The van der Waals surface area contributed by atoms with Crippen LogP contribution in [0.15, 0.2) is 121 Å². The molecule has 22 heteroatoms. The number of carbonyl (C=O) groups is 10. The topological polar surface area (TPSA) is 263 Å². The normalized spacial score (nSPS) is 17.4. The van der Waals surface area contributed by atoms with Gasteiger partial charge in [0.05, 0.1) is 52.9 Å². The SMILES string of the molecule is CC(CCC(=O)c1ccc(-c2ccc3cc(C(=O)COC(=O)C4COCCN4C(=O)OC(C)(C)C)ccc3c2)cc1)COC(=O)C1COCCN1C(=O)OCC(C)CCC(=O)c1ccc(-c2ccc3cc(C(=O)COC(=O)C4COCCN4C(=O)OC(C)(C)C)ccc3c2)cc1. The van der Waals surface area contributed by atoms with Gasteiger partial charge in [0.15, 0.2) is 54.5 Å². The second-order valence-electron chi connectivity index (χ2n) is 26.4. The first kappa shape index (κ1) is 70.9. The van der Waals surface area contributed by atoms with Gasteiger partial charge in [-0.05, 0) is 134 Å². The zero-order valence-corrected chi connectivity index (χ0v) is 55.6. The van der Waals surface area contributed by atoms with Crippen molar-refractivity contribution in [2.45, 2.75) is 110 Å². The molecule has 6 aromatic carbocycles. The van der Waals surface area contributed by atoms with Gasteiger partial charge >= 0.3 is 36.2 Å². The Morgan fingerprint density at radius 1 is 0.396 bits per heavy atom. The van der Waals surface area contributed by atoms with E-state index in [4.69, 9.17) is 42.6 Å². The predicted molar refractivity (Wildman–Crippen MR) is 354 cm³/mol. The summed E-state index contributed by atoms with van der Waals surface area (Å²) in [6.45, 7) is 14.0. The highest BCUT2D eigenvalue weighted by Gasteiger charge is 2.40. The summed E-state index contributed by atoms with van der Waals surface area (Å²) in [5.41, 5.74) is 3.78. The van der Waals surface area contributed by atoms with Crippen molar-refractivity contribution in [2.75, 3.05) is 85.7 Å². The second-order valence-corrected chi connectivity index (χ2v) is 26.4. The lowest BCUT2D eigenvalue weighted by Crippen LogP contribution is -2.54. The van der Waals surface area contributed by atoms with E-state index in [2.05, 4.69) is 0 Å². The Labute approximate surface area is 557 Å². The van der Waals surface area contributed by atoms with Crippen molar-refractivity contribution in [1.29, 1.82) is 0 Å². The van der Waals surface area contributed by atoms with Crippen molar-refractivity contribution < 1.29 is 90.6 Å². The summed E-state index contributed by atoms with van der Waals surface area (Å²) in [6.07, 6.45) is -0.709. The Morgan fingerprint density at radius 2 is 0.719 bits per heavy atom. The van der Waals surface area contributed by atoms with Crippen LogP contribution in [0.2, 0.25) is 0 Å². The maximum atomic E-state index is 13.4. The van der Waals surface area contributed by atoms with E-state index in [0.717, 1.165) is 43.8 Å². The lowest BCUT2D eigenvalue weighted by Gasteiger charge is -2.35. The first-order chi connectivity index (χ1) is 45.8. The highest BCUT2D eigenvalue weighted by Crippen LogP contribution is 2.30. The lowest BCUT2D eigenvalue weighted by molar-refractivity contribution is -0.156. The van der Waals surface area contributed by atoms with Gasteiger partial charge < -0.3 is 42.6 Å². The van der Waals surface area contributed by atoms with Crippen molar-refractivity contribution >= 4 is 80.9 Å². The molecule has 3 fully saturated rings. The number of nitrogens with zero attached hydrogens (tertiary/aromatic N) is 3. The summed E-state index contributed by atoms with van der Waals surface area (Å²) in [6, 6.07) is 33.4. The molecule has 5 atom stereocenters. The molecule has 3 aliphatic heterocycles. The molecule has 3 heterocycles. The third-order valence-corrected chi connectivity index (χ3v) is 16.5. The highest BCUT2D eigenvalue weighted by atomic mass is 16.6. The number of hydrogen-bond acceptors (Lipinski definition) is 19. The van der Waals surface area contributed by atoms with E-state index in [-0.39, 0.29) is 109 Å². The van der Waals surface area contributed by atoms with Crippen LogP contribution < -0.4 is 0 Å². The molecule has 0 radical (unpaired) electrons. The third-order valence-electron chi connectivity index (χ3n) is 16.5. The van der Waals surface area contributed by atoms with Crippen LogP contribution in [-0.4, -0.2) is 189 Å². The van der Waals surface area contributed by atoms with Gasteiger partial charge in [0, 0.05) is 54.7 Å². The summed E-state index contributed by atoms with van der Waals surface area (Å²) >= 11 is 0. The minimum Gasteiger partial charge on any atom is -0.464 e. The Hall–Kier alpha value is -9.38. The van der Waals surface area contributed by atoms with Crippen molar-refractivity contribution in [3.63, 3.8) is 0 Å². The predicted octanol–water partition coefficient (Wildman–Crippen LogP) is 11.3. The monoisotopic (exact) mass is 1320 g/mol. The average molecular weight is 1320 g/mol. The van der Waals surface area contributed by atoms with Gasteiger partial charge in [-0.3, -0.25) is 33.9 Å². The fraction of sp³-hybridized carbons (Fsp3) is 0.432. The number of morpholine rings is 3. The number of benzene rings is 6. The summed E-state index contributed by atoms with van der Waals surface area (Å²) in [5, 5.41) is 3.32. The molecule has 0 saturated carbocycles. The number of Topliss-reactive ketones (excluding diaryl/α,β-unsaturated/α-hetero) is 4. The van der Waals surface area contributed by atoms with Crippen molar-refractivity contribution in [3.8, 4) is 22.3 Å². The van der Waals surface area contributed by atoms with Crippen LogP contribution in [-0.2, 0) is 57.0 Å². The average Bonchev–Trinajstić information content (AvgIpc) is 0.839. The Kier molecular flexibility index (Phi) is 23.6. The molecule has 3 aliphatic rings. The molecule has 3 amide bonds. The molecule has 0 aromatic heterocycles. The van der Waals surface area contributed by atoms with E-state index in [1.807, 2.05) is 86.6 Å². The van der Waals surface area contributed by atoms with Crippen LogP contribution in [0, 0.1) is 11.8 Å². The maximum absolute atomic E-state index is 13.4. The maximum Gasteiger partial charge on any atom is 0.411 e. The highest BCUT2D eigenvalue weighted by molar-refractivity contribution is 6.04. The van der Waals surface area contributed by atoms with Gasteiger partial charge in [-0.2, -0.15) is 0 Å². The van der Waals surface area contributed by atoms with Gasteiger partial charge in [0.1, 0.15) is 11.2 Å². The molecule has 0 bridgehead atoms. The first-order valence-corrected chi connectivity index (χ1v) is 32.3. The Bertz CT molecular complexity index is 3600. The minimum absolute atomic E-state index is 0.0218. The van der Waals surface area contributed by atoms with Gasteiger partial charge in [-0.25, -0.2) is 28.8 Å². The molecule has 508 valence electrons. The van der Waals surface area contributed by atoms with Crippen molar-refractivity contribution in [2.24, 2.45) is 11.8 Å². The fourth-order valence-corrected chi connectivity index (χ4v) is 11.0.